The first-order valence-electron chi connectivity index (χ1n) is 3.85. The highest BCUT2D eigenvalue weighted by atomic mass is 35.5. The molecule has 2 aromatic heterocycles. The minimum absolute atomic E-state index is 0.277. The molecule has 2 aromatic rings. The summed E-state index contributed by atoms with van der Waals surface area (Å²) >= 11 is 5.59. The highest BCUT2D eigenvalue weighted by Crippen LogP contribution is 2.09. The summed E-state index contributed by atoms with van der Waals surface area (Å²) < 4.78 is 1.40. The molecule has 0 spiro atoms. The number of hydrogen-bond acceptors (Lipinski definition) is 5. The minimum Gasteiger partial charge on any atom is -0.368 e. The second-order valence-electron chi connectivity index (χ2n) is 2.64. The lowest BCUT2D eigenvalue weighted by Gasteiger charge is -1.98. The summed E-state index contributed by atoms with van der Waals surface area (Å²) in [4.78, 5) is 3.94. The lowest BCUT2D eigenvalue weighted by Crippen LogP contribution is -2.05. The standard InChI is InChI=1S/C7H7ClN6/c1-4-10-7(9)14(13-4)6-3-2-5(8)11-12-6/h2-3H,1H3,(H2,9,10,13). The molecular weight excluding hydrogens is 204 g/mol. The van der Waals surface area contributed by atoms with Gasteiger partial charge in [0, 0.05) is 0 Å². The number of anilines is 1. The monoisotopic (exact) mass is 210 g/mol. The van der Waals surface area contributed by atoms with Crippen molar-refractivity contribution in [3.63, 3.8) is 0 Å². The van der Waals surface area contributed by atoms with E-state index in [1.54, 1.807) is 19.1 Å². The maximum absolute atomic E-state index is 5.60. The van der Waals surface area contributed by atoms with Crippen LogP contribution in [0.25, 0.3) is 5.82 Å². The molecule has 0 atom stereocenters. The van der Waals surface area contributed by atoms with Crippen molar-refractivity contribution in [3.05, 3.63) is 23.1 Å². The Balaban J connectivity index is 2.49. The van der Waals surface area contributed by atoms with Crippen LogP contribution in [0.3, 0.4) is 0 Å². The molecule has 0 bridgehead atoms. The van der Waals surface area contributed by atoms with E-state index in [0.717, 1.165) is 0 Å². The second-order valence-corrected chi connectivity index (χ2v) is 3.03. The summed E-state index contributed by atoms with van der Waals surface area (Å²) in [6, 6.07) is 3.28. The smallest absolute Gasteiger partial charge is 0.225 e. The van der Waals surface area contributed by atoms with Crippen LogP contribution >= 0.6 is 11.6 Å². The molecule has 0 aromatic carbocycles. The van der Waals surface area contributed by atoms with Crippen molar-refractivity contribution in [2.24, 2.45) is 0 Å². The lowest BCUT2D eigenvalue weighted by molar-refractivity contribution is 0.812. The molecule has 0 aliphatic rings. The molecular formula is C7H7ClN6. The van der Waals surface area contributed by atoms with Crippen molar-refractivity contribution in [2.75, 3.05) is 5.73 Å². The summed E-state index contributed by atoms with van der Waals surface area (Å²) in [6.07, 6.45) is 0. The number of nitrogens with zero attached hydrogens (tertiary/aromatic N) is 5. The Morgan fingerprint density at radius 1 is 1.36 bits per heavy atom. The van der Waals surface area contributed by atoms with Crippen LogP contribution in [0.2, 0.25) is 5.15 Å². The number of halogens is 1. The zero-order chi connectivity index (χ0) is 10.1. The van der Waals surface area contributed by atoms with Gasteiger partial charge in [-0.15, -0.1) is 15.3 Å². The molecule has 72 valence electrons. The topological polar surface area (TPSA) is 82.5 Å². The van der Waals surface area contributed by atoms with Crippen molar-refractivity contribution >= 4 is 17.5 Å². The van der Waals surface area contributed by atoms with Gasteiger partial charge in [0.1, 0.15) is 5.82 Å². The summed E-state index contributed by atoms with van der Waals surface area (Å²) in [5.41, 5.74) is 5.60. The molecule has 0 saturated heterocycles. The molecule has 0 aliphatic carbocycles. The van der Waals surface area contributed by atoms with Crippen molar-refractivity contribution in [1.29, 1.82) is 0 Å². The molecule has 2 rings (SSSR count). The molecule has 0 amide bonds. The number of hydrogen-bond donors (Lipinski definition) is 1. The Morgan fingerprint density at radius 3 is 2.64 bits per heavy atom. The third kappa shape index (κ3) is 1.51. The number of nitrogen functional groups attached to an aromatic ring is 1. The molecule has 0 fully saturated rings. The fourth-order valence-electron chi connectivity index (χ4n) is 1.02. The Bertz CT molecular complexity index is 448. The van der Waals surface area contributed by atoms with Crippen LogP contribution in [-0.4, -0.2) is 25.0 Å². The second kappa shape index (κ2) is 3.22. The predicted molar refractivity (Wildman–Crippen MR) is 51.1 cm³/mol. The number of aryl methyl sites for hydroxylation is 1. The minimum atomic E-state index is 0.277. The molecule has 14 heavy (non-hydrogen) atoms. The SMILES string of the molecule is Cc1nc(N)n(-c2ccc(Cl)nn2)n1. The van der Waals surface area contributed by atoms with Gasteiger partial charge in [0.05, 0.1) is 0 Å². The van der Waals surface area contributed by atoms with E-state index < -0.39 is 0 Å². The normalized spacial score (nSPS) is 10.4. The van der Waals surface area contributed by atoms with Crippen LogP contribution in [0.5, 0.6) is 0 Å². The quantitative estimate of drug-likeness (QED) is 0.745. The molecule has 0 unspecified atom stereocenters. The fourth-order valence-corrected chi connectivity index (χ4v) is 1.12. The van der Waals surface area contributed by atoms with Gasteiger partial charge in [-0.05, 0) is 19.1 Å². The predicted octanol–water partition coefficient (Wildman–Crippen LogP) is 0.601. The molecule has 0 saturated carbocycles. The third-order valence-electron chi connectivity index (χ3n) is 1.57. The van der Waals surface area contributed by atoms with Gasteiger partial charge in [-0.25, -0.2) is 0 Å². The zero-order valence-corrected chi connectivity index (χ0v) is 8.10. The van der Waals surface area contributed by atoms with Crippen molar-refractivity contribution in [1.82, 2.24) is 25.0 Å². The number of nitrogens with two attached hydrogens (primary N) is 1. The van der Waals surface area contributed by atoms with E-state index in [-0.39, 0.29) is 5.95 Å². The van der Waals surface area contributed by atoms with Gasteiger partial charge in [0.25, 0.3) is 0 Å². The molecule has 7 heteroatoms. The fraction of sp³-hybridized carbons (Fsp3) is 0.143. The van der Waals surface area contributed by atoms with E-state index in [9.17, 15) is 0 Å². The van der Waals surface area contributed by atoms with Crippen LogP contribution in [0.1, 0.15) is 5.82 Å². The number of aromatic nitrogens is 5. The van der Waals surface area contributed by atoms with Gasteiger partial charge in [0.2, 0.25) is 5.95 Å². The van der Waals surface area contributed by atoms with Gasteiger partial charge in [-0.3, -0.25) is 0 Å². The van der Waals surface area contributed by atoms with Crippen molar-refractivity contribution < 1.29 is 0 Å². The van der Waals surface area contributed by atoms with Crippen molar-refractivity contribution in [3.8, 4) is 5.82 Å². The Hall–Kier alpha value is -1.69. The molecule has 2 N–H and O–H groups in total. The van der Waals surface area contributed by atoms with E-state index in [2.05, 4.69) is 20.3 Å². The zero-order valence-electron chi connectivity index (χ0n) is 7.35. The third-order valence-corrected chi connectivity index (χ3v) is 1.77. The first kappa shape index (κ1) is 8.89. The summed E-state index contributed by atoms with van der Waals surface area (Å²) in [7, 11) is 0. The first-order chi connectivity index (χ1) is 6.66. The highest BCUT2D eigenvalue weighted by Gasteiger charge is 2.06. The van der Waals surface area contributed by atoms with E-state index in [4.69, 9.17) is 17.3 Å². The van der Waals surface area contributed by atoms with Gasteiger partial charge in [-0.1, -0.05) is 11.6 Å². The Morgan fingerprint density at radius 2 is 2.14 bits per heavy atom. The molecule has 0 aliphatic heterocycles. The average Bonchev–Trinajstić information content (AvgIpc) is 2.47. The van der Waals surface area contributed by atoms with Crippen LogP contribution < -0.4 is 5.73 Å². The summed E-state index contributed by atoms with van der Waals surface area (Å²) in [5, 5.41) is 11.9. The van der Waals surface area contributed by atoms with Gasteiger partial charge in [0.15, 0.2) is 11.0 Å². The Kier molecular flexibility index (Phi) is 2.05. The highest BCUT2D eigenvalue weighted by molar-refractivity contribution is 6.29. The van der Waals surface area contributed by atoms with Crippen LogP contribution in [0.15, 0.2) is 12.1 Å². The maximum atomic E-state index is 5.60. The van der Waals surface area contributed by atoms with Gasteiger partial charge in [-0.2, -0.15) is 9.67 Å². The van der Waals surface area contributed by atoms with E-state index in [1.807, 2.05) is 0 Å². The summed E-state index contributed by atoms with van der Waals surface area (Å²) in [5.74, 6) is 1.35. The molecule has 6 nitrogen and oxygen atoms in total. The molecule has 2 heterocycles. The number of rotatable bonds is 1. The largest absolute Gasteiger partial charge is 0.368 e. The van der Waals surface area contributed by atoms with Gasteiger partial charge < -0.3 is 5.73 Å². The lowest BCUT2D eigenvalue weighted by atomic mass is 10.5. The molecule has 0 radical (unpaired) electrons. The average molecular weight is 211 g/mol. The van der Waals surface area contributed by atoms with E-state index in [1.165, 1.54) is 4.68 Å². The Labute approximate surface area is 84.7 Å². The van der Waals surface area contributed by atoms with E-state index in [0.29, 0.717) is 16.8 Å². The van der Waals surface area contributed by atoms with Crippen LogP contribution in [0.4, 0.5) is 5.95 Å². The van der Waals surface area contributed by atoms with Crippen LogP contribution in [0, 0.1) is 6.92 Å². The maximum Gasteiger partial charge on any atom is 0.225 e. The first-order valence-corrected chi connectivity index (χ1v) is 4.23. The van der Waals surface area contributed by atoms with Gasteiger partial charge >= 0.3 is 0 Å². The van der Waals surface area contributed by atoms with Crippen LogP contribution in [-0.2, 0) is 0 Å². The summed E-state index contributed by atoms with van der Waals surface area (Å²) in [6.45, 7) is 1.75. The van der Waals surface area contributed by atoms with Crippen molar-refractivity contribution in [2.45, 2.75) is 6.92 Å². The van der Waals surface area contributed by atoms with E-state index >= 15 is 0 Å².